The van der Waals surface area contributed by atoms with Gasteiger partial charge < -0.3 is 15.7 Å². The lowest BCUT2D eigenvalue weighted by Crippen LogP contribution is -2.19. The number of aromatic hydroxyl groups is 1. The summed E-state index contributed by atoms with van der Waals surface area (Å²) in [4.78, 5) is 15.5. The Kier molecular flexibility index (Phi) is 3.43. The molecule has 0 aliphatic heterocycles. The van der Waals surface area contributed by atoms with Crippen LogP contribution in [0.3, 0.4) is 0 Å². The summed E-state index contributed by atoms with van der Waals surface area (Å²) in [7, 11) is 0. The second kappa shape index (κ2) is 5.18. The molecule has 0 unspecified atom stereocenters. The van der Waals surface area contributed by atoms with Crippen LogP contribution in [0, 0.1) is 6.92 Å². The smallest absolute Gasteiger partial charge is 0.323 e. The van der Waals surface area contributed by atoms with Crippen molar-refractivity contribution in [2.24, 2.45) is 0 Å². The van der Waals surface area contributed by atoms with Crippen molar-refractivity contribution in [2.75, 3.05) is 10.6 Å². The van der Waals surface area contributed by atoms with E-state index in [-0.39, 0.29) is 5.75 Å². The zero-order valence-corrected chi connectivity index (χ0v) is 9.84. The van der Waals surface area contributed by atoms with E-state index in [0.717, 1.165) is 5.56 Å². The molecule has 2 rings (SSSR count). The maximum Gasteiger partial charge on any atom is 0.323 e. The molecule has 5 nitrogen and oxygen atoms in total. The van der Waals surface area contributed by atoms with Crippen molar-refractivity contribution in [3.8, 4) is 5.75 Å². The molecule has 92 valence electrons. The van der Waals surface area contributed by atoms with Gasteiger partial charge in [-0.2, -0.15) is 0 Å². The fourth-order valence-corrected chi connectivity index (χ4v) is 1.47. The number of pyridine rings is 1. The number of rotatable bonds is 2. The molecule has 0 saturated carbocycles. The van der Waals surface area contributed by atoms with E-state index < -0.39 is 6.03 Å². The number of phenolic OH excluding ortho intramolecular Hbond substituents is 1. The summed E-state index contributed by atoms with van der Waals surface area (Å²) in [5, 5.41) is 14.9. The van der Waals surface area contributed by atoms with Gasteiger partial charge in [-0.15, -0.1) is 0 Å². The van der Waals surface area contributed by atoms with E-state index >= 15 is 0 Å². The average Bonchev–Trinajstić information content (AvgIpc) is 2.34. The van der Waals surface area contributed by atoms with Gasteiger partial charge in [-0.05, 0) is 36.8 Å². The zero-order chi connectivity index (χ0) is 13.0. The quantitative estimate of drug-likeness (QED) is 0.710. The molecule has 0 bridgehead atoms. The topological polar surface area (TPSA) is 74.2 Å². The Morgan fingerprint density at radius 2 is 1.89 bits per heavy atom. The van der Waals surface area contributed by atoms with Crippen LogP contribution in [0.4, 0.5) is 16.2 Å². The second-order valence-electron chi connectivity index (χ2n) is 3.84. The predicted molar refractivity (Wildman–Crippen MR) is 69.7 cm³/mol. The van der Waals surface area contributed by atoms with Gasteiger partial charge in [0.1, 0.15) is 5.75 Å². The molecule has 0 fully saturated rings. The van der Waals surface area contributed by atoms with Crippen LogP contribution in [0.25, 0.3) is 0 Å². The maximum atomic E-state index is 11.7. The summed E-state index contributed by atoms with van der Waals surface area (Å²) in [6, 6.07) is 7.98. The van der Waals surface area contributed by atoms with Crippen molar-refractivity contribution in [2.45, 2.75) is 6.92 Å². The molecule has 0 atom stereocenters. The molecule has 2 amide bonds. The van der Waals surface area contributed by atoms with Gasteiger partial charge in [-0.1, -0.05) is 6.07 Å². The first kappa shape index (κ1) is 11.9. The van der Waals surface area contributed by atoms with Crippen LogP contribution < -0.4 is 10.6 Å². The van der Waals surface area contributed by atoms with Gasteiger partial charge in [0.15, 0.2) is 0 Å². The van der Waals surface area contributed by atoms with Crippen molar-refractivity contribution in [1.82, 2.24) is 4.98 Å². The Bertz CT molecular complexity index is 555. The maximum absolute atomic E-state index is 11.7. The summed E-state index contributed by atoms with van der Waals surface area (Å²) < 4.78 is 0. The molecule has 0 aliphatic carbocycles. The van der Waals surface area contributed by atoms with E-state index in [1.807, 2.05) is 13.0 Å². The standard InChI is InChI=1S/C13H13N3O2/c1-9-2-3-11(12(17)8-9)16-13(18)15-10-4-6-14-7-5-10/h2-8,17H,1H3,(H2,14,15,16,18). The minimum absolute atomic E-state index is 0.0416. The Balaban J connectivity index is 2.03. The largest absolute Gasteiger partial charge is 0.506 e. The summed E-state index contributed by atoms with van der Waals surface area (Å²) in [6.45, 7) is 1.86. The number of urea groups is 1. The molecule has 0 radical (unpaired) electrons. The highest BCUT2D eigenvalue weighted by atomic mass is 16.3. The van der Waals surface area contributed by atoms with Crippen molar-refractivity contribution in [1.29, 1.82) is 0 Å². The van der Waals surface area contributed by atoms with Crippen LogP contribution in [-0.4, -0.2) is 16.1 Å². The molecule has 0 saturated heterocycles. The van der Waals surface area contributed by atoms with Gasteiger partial charge in [-0.3, -0.25) is 4.98 Å². The highest BCUT2D eigenvalue weighted by Crippen LogP contribution is 2.23. The number of aryl methyl sites for hydroxylation is 1. The lowest BCUT2D eigenvalue weighted by molar-refractivity contribution is 0.262. The lowest BCUT2D eigenvalue weighted by atomic mass is 10.2. The number of carbonyl (C=O) groups excluding carboxylic acids is 1. The number of anilines is 2. The highest BCUT2D eigenvalue weighted by molar-refractivity contribution is 6.00. The van der Waals surface area contributed by atoms with Gasteiger partial charge >= 0.3 is 6.03 Å². The molecule has 1 aromatic carbocycles. The third-order valence-electron chi connectivity index (χ3n) is 2.34. The van der Waals surface area contributed by atoms with Gasteiger partial charge in [0.05, 0.1) is 5.69 Å². The van der Waals surface area contributed by atoms with Crippen LogP contribution in [-0.2, 0) is 0 Å². The molecule has 0 aliphatic rings. The van der Waals surface area contributed by atoms with E-state index in [2.05, 4.69) is 15.6 Å². The monoisotopic (exact) mass is 243 g/mol. The number of aromatic nitrogens is 1. The molecule has 1 aromatic heterocycles. The Hall–Kier alpha value is -2.56. The Morgan fingerprint density at radius 1 is 1.17 bits per heavy atom. The second-order valence-corrected chi connectivity index (χ2v) is 3.84. The van der Waals surface area contributed by atoms with E-state index in [1.54, 1.807) is 36.7 Å². The summed E-state index contributed by atoms with van der Waals surface area (Å²) in [5.41, 5.74) is 1.92. The number of amides is 2. The zero-order valence-electron chi connectivity index (χ0n) is 9.84. The SMILES string of the molecule is Cc1ccc(NC(=O)Nc2ccncc2)c(O)c1. The first-order valence-electron chi connectivity index (χ1n) is 5.43. The minimum atomic E-state index is -0.416. The summed E-state index contributed by atoms with van der Waals surface area (Å²) >= 11 is 0. The van der Waals surface area contributed by atoms with Gasteiger partial charge in [0.2, 0.25) is 0 Å². The Labute approximate surface area is 104 Å². The molecule has 3 N–H and O–H groups in total. The van der Waals surface area contributed by atoms with E-state index in [9.17, 15) is 9.90 Å². The first-order chi connectivity index (χ1) is 8.65. The fraction of sp³-hybridized carbons (Fsp3) is 0.0769. The number of hydrogen-bond acceptors (Lipinski definition) is 3. The molecule has 18 heavy (non-hydrogen) atoms. The number of phenols is 1. The highest BCUT2D eigenvalue weighted by Gasteiger charge is 2.06. The molecule has 0 spiro atoms. The molecular weight excluding hydrogens is 230 g/mol. The number of nitrogens with one attached hydrogen (secondary N) is 2. The third kappa shape index (κ3) is 2.98. The number of benzene rings is 1. The fourth-order valence-electron chi connectivity index (χ4n) is 1.47. The summed E-state index contributed by atoms with van der Waals surface area (Å²) in [6.07, 6.45) is 3.16. The van der Waals surface area contributed by atoms with Crippen LogP contribution in [0.2, 0.25) is 0 Å². The van der Waals surface area contributed by atoms with Crippen molar-refractivity contribution in [3.63, 3.8) is 0 Å². The molecule has 2 aromatic rings. The van der Waals surface area contributed by atoms with Crippen LogP contribution in [0.1, 0.15) is 5.56 Å². The number of hydrogen-bond donors (Lipinski definition) is 3. The van der Waals surface area contributed by atoms with E-state index in [0.29, 0.717) is 11.4 Å². The lowest BCUT2D eigenvalue weighted by Gasteiger charge is -2.09. The van der Waals surface area contributed by atoms with Crippen LogP contribution >= 0.6 is 0 Å². The van der Waals surface area contributed by atoms with Crippen molar-refractivity contribution < 1.29 is 9.90 Å². The number of nitrogens with zero attached hydrogens (tertiary/aromatic N) is 1. The van der Waals surface area contributed by atoms with E-state index in [4.69, 9.17) is 0 Å². The third-order valence-corrected chi connectivity index (χ3v) is 2.34. The normalized spacial score (nSPS) is 9.83. The predicted octanol–water partition coefficient (Wildman–Crippen LogP) is 2.74. The molecule has 1 heterocycles. The van der Waals surface area contributed by atoms with Crippen molar-refractivity contribution in [3.05, 3.63) is 48.3 Å². The first-order valence-corrected chi connectivity index (χ1v) is 5.43. The van der Waals surface area contributed by atoms with Gasteiger partial charge in [-0.25, -0.2) is 4.79 Å². The summed E-state index contributed by atoms with van der Waals surface area (Å²) in [5.74, 6) is 0.0416. The average molecular weight is 243 g/mol. The van der Waals surface area contributed by atoms with Gasteiger partial charge in [0, 0.05) is 18.1 Å². The van der Waals surface area contributed by atoms with Gasteiger partial charge in [0.25, 0.3) is 0 Å². The minimum Gasteiger partial charge on any atom is -0.506 e. The van der Waals surface area contributed by atoms with Crippen LogP contribution in [0.15, 0.2) is 42.7 Å². The molecular formula is C13H13N3O2. The van der Waals surface area contributed by atoms with E-state index in [1.165, 1.54) is 0 Å². The Morgan fingerprint density at radius 3 is 2.56 bits per heavy atom. The van der Waals surface area contributed by atoms with Crippen LogP contribution in [0.5, 0.6) is 5.75 Å². The van der Waals surface area contributed by atoms with Crippen molar-refractivity contribution >= 4 is 17.4 Å². The molecule has 5 heteroatoms. The number of carbonyl (C=O) groups is 1.